The summed E-state index contributed by atoms with van der Waals surface area (Å²) in [6.45, 7) is 0. The van der Waals surface area contributed by atoms with Crippen LogP contribution in [0.1, 0.15) is 0 Å². The van der Waals surface area contributed by atoms with Gasteiger partial charge in [0.15, 0.2) is 0 Å². The lowest BCUT2D eigenvalue weighted by molar-refractivity contribution is 0.416. The van der Waals surface area contributed by atoms with Crippen LogP contribution in [-0.4, -0.2) is 7.11 Å². The van der Waals surface area contributed by atoms with E-state index in [4.69, 9.17) is 10.5 Å². The van der Waals surface area contributed by atoms with E-state index in [1.165, 1.54) is 0 Å². The van der Waals surface area contributed by atoms with Gasteiger partial charge in [-0.1, -0.05) is 30.3 Å². The van der Waals surface area contributed by atoms with Gasteiger partial charge in [0.05, 0.1) is 7.11 Å². The van der Waals surface area contributed by atoms with Gasteiger partial charge in [0.1, 0.15) is 5.75 Å². The molecule has 3 heteroatoms. The molecule has 0 spiro atoms. The molecule has 0 atom stereocenters. The van der Waals surface area contributed by atoms with Crippen LogP contribution in [-0.2, 0) is 0 Å². The number of rotatable bonds is 2. The molecule has 0 amide bonds. The first kappa shape index (κ1) is 12.4. The van der Waals surface area contributed by atoms with E-state index in [9.17, 15) is 0 Å². The van der Waals surface area contributed by atoms with E-state index in [0.29, 0.717) is 0 Å². The van der Waals surface area contributed by atoms with Crippen LogP contribution in [0.25, 0.3) is 11.1 Å². The number of nitrogens with two attached hydrogens (primary N) is 1. The topological polar surface area (TPSA) is 35.2 Å². The van der Waals surface area contributed by atoms with Gasteiger partial charge in [-0.2, -0.15) is 0 Å². The highest BCUT2D eigenvalue weighted by Gasteiger charge is 2.03. The molecule has 0 saturated carbocycles. The van der Waals surface area contributed by atoms with Crippen molar-refractivity contribution in [1.82, 2.24) is 0 Å². The van der Waals surface area contributed by atoms with Gasteiger partial charge in [0.2, 0.25) is 0 Å². The third kappa shape index (κ3) is 2.47. The minimum absolute atomic E-state index is 0. The highest BCUT2D eigenvalue weighted by Crippen LogP contribution is 2.30. The van der Waals surface area contributed by atoms with Crippen molar-refractivity contribution in [2.45, 2.75) is 0 Å². The van der Waals surface area contributed by atoms with Crippen molar-refractivity contribution < 1.29 is 4.74 Å². The van der Waals surface area contributed by atoms with Crippen molar-refractivity contribution in [2.75, 3.05) is 12.8 Å². The number of para-hydroxylation sites is 1. The lowest BCUT2D eigenvalue weighted by atomic mass is 10.0. The van der Waals surface area contributed by atoms with Gasteiger partial charge < -0.3 is 10.5 Å². The first-order chi connectivity index (χ1) is 7.31. The molecule has 16 heavy (non-hydrogen) atoms. The number of benzene rings is 2. The Morgan fingerprint density at radius 3 is 2.44 bits per heavy atom. The molecule has 2 aromatic carbocycles. The minimum Gasteiger partial charge on any atom is -0.496 e. The summed E-state index contributed by atoms with van der Waals surface area (Å²) in [6.07, 6.45) is 0. The number of hydrogen-bond donors (Lipinski definition) is 1. The zero-order chi connectivity index (χ0) is 10.7. The molecule has 0 radical (unpaired) electrons. The predicted octanol–water partition coefficient (Wildman–Crippen LogP) is 3.37. The number of anilines is 1. The fraction of sp³-hybridized carbons (Fsp3) is 0.0769. The third-order valence-electron chi connectivity index (χ3n) is 2.30. The van der Waals surface area contributed by atoms with Crippen molar-refractivity contribution in [1.29, 1.82) is 0 Å². The van der Waals surface area contributed by atoms with E-state index in [0.717, 1.165) is 22.6 Å². The van der Waals surface area contributed by atoms with Crippen LogP contribution in [0, 0.1) is 0 Å². The van der Waals surface area contributed by atoms with Crippen molar-refractivity contribution in [3.05, 3.63) is 48.5 Å². The molecule has 2 aromatic rings. The fourth-order valence-electron chi connectivity index (χ4n) is 1.59. The third-order valence-corrected chi connectivity index (χ3v) is 2.30. The second-order valence-corrected chi connectivity index (χ2v) is 3.33. The van der Waals surface area contributed by atoms with Crippen molar-refractivity contribution in [2.24, 2.45) is 0 Å². The Kier molecular flexibility index (Phi) is 4.20. The second-order valence-electron chi connectivity index (χ2n) is 3.33. The van der Waals surface area contributed by atoms with Crippen LogP contribution < -0.4 is 10.5 Å². The van der Waals surface area contributed by atoms with Crippen LogP contribution >= 0.6 is 12.4 Å². The Morgan fingerprint density at radius 2 is 1.75 bits per heavy atom. The lowest BCUT2D eigenvalue weighted by Crippen LogP contribution is -1.89. The number of halogens is 1. The lowest BCUT2D eigenvalue weighted by Gasteiger charge is -2.08. The molecule has 0 saturated heterocycles. The number of methoxy groups -OCH3 is 1. The summed E-state index contributed by atoms with van der Waals surface area (Å²) >= 11 is 0. The van der Waals surface area contributed by atoms with E-state index in [1.807, 2.05) is 48.5 Å². The summed E-state index contributed by atoms with van der Waals surface area (Å²) < 4.78 is 5.30. The maximum atomic E-state index is 5.75. The largest absolute Gasteiger partial charge is 0.496 e. The SMILES string of the molecule is COc1ccccc1-c1cccc(N)c1.Cl. The monoisotopic (exact) mass is 235 g/mol. The molecule has 0 aromatic heterocycles. The molecule has 0 fully saturated rings. The molecule has 0 unspecified atom stereocenters. The van der Waals surface area contributed by atoms with Gasteiger partial charge in [-0.3, -0.25) is 0 Å². The van der Waals surface area contributed by atoms with Crippen LogP contribution in [0.5, 0.6) is 5.75 Å². The summed E-state index contributed by atoms with van der Waals surface area (Å²) in [5, 5.41) is 0. The van der Waals surface area contributed by atoms with Crippen molar-refractivity contribution in [3.8, 4) is 16.9 Å². The highest BCUT2D eigenvalue weighted by atomic mass is 35.5. The maximum Gasteiger partial charge on any atom is 0.126 e. The van der Waals surface area contributed by atoms with Gasteiger partial charge in [-0.25, -0.2) is 0 Å². The van der Waals surface area contributed by atoms with E-state index in [1.54, 1.807) is 7.11 Å². The first-order valence-electron chi connectivity index (χ1n) is 4.80. The second kappa shape index (κ2) is 5.42. The molecule has 2 rings (SSSR count). The summed E-state index contributed by atoms with van der Waals surface area (Å²) in [4.78, 5) is 0. The fourth-order valence-corrected chi connectivity index (χ4v) is 1.59. The quantitative estimate of drug-likeness (QED) is 0.810. The molecule has 84 valence electrons. The van der Waals surface area contributed by atoms with Crippen molar-refractivity contribution >= 4 is 18.1 Å². The zero-order valence-electron chi connectivity index (χ0n) is 9.01. The van der Waals surface area contributed by atoms with Crippen molar-refractivity contribution in [3.63, 3.8) is 0 Å². The Balaban J connectivity index is 0.00000128. The Morgan fingerprint density at radius 1 is 1.00 bits per heavy atom. The predicted molar refractivity (Wildman–Crippen MR) is 70.1 cm³/mol. The van der Waals surface area contributed by atoms with Gasteiger partial charge in [0, 0.05) is 11.3 Å². The number of ether oxygens (including phenoxy) is 1. The molecule has 2 N–H and O–H groups in total. The summed E-state index contributed by atoms with van der Waals surface area (Å²) in [6, 6.07) is 15.7. The smallest absolute Gasteiger partial charge is 0.126 e. The molecule has 0 aliphatic rings. The Bertz CT molecular complexity index is 471. The normalized spacial score (nSPS) is 9.31. The van der Waals surface area contributed by atoms with E-state index < -0.39 is 0 Å². The van der Waals surface area contributed by atoms with E-state index in [-0.39, 0.29) is 12.4 Å². The molecule has 0 bridgehead atoms. The highest BCUT2D eigenvalue weighted by molar-refractivity contribution is 5.85. The first-order valence-corrected chi connectivity index (χ1v) is 4.80. The van der Waals surface area contributed by atoms with Gasteiger partial charge in [0.25, 0.3) is 0 Å². The average molecular weight is 236 g/mol. The van der Waals surface area contributed by atoms with E-state index >= 15 is 0 Å². The summed E-state index contributed by atoms with van der Waals surface area (Å²) in [5.74, 6) is 0.864. The molecule has 0 aliphatic heterocycles. The summed E-state index contributed by atoms with van der Waals surface area (Å²) in [7, 11) is 1.67. The van der Waals surface area contributed by atoms with Crippen LogP contribution in [0.2, 0.25) is 0 Å². The van der Waals surface area contributed by atoms with E-state index in [2.05, 4.69) is 0 Å². The number of nitrogen functional groups attached to an aromatic ring is 1. The van der Waals surface area contributed by atoms with Crippen LogP contribution in [0.4, 0.5) is 5.69 Å². The minimum atomic E-state index is 0. The molecule has 2 nitrogen and oxygen atoms in total. The van der Waals surface area contributed by atoms with Gasteiger partial charge in [-0.15, -0.1) is 12.4 Å². The van der Waals surface area contributed by atoms with Gasteiger partial charge in [-0.05, 0) is 23.8 Å². The van der Waals surface area contributed by atoms with Crippen LogP contribution in [0.15, 0.2) is 48.5 Å². The zero-order valence-corrected chi connectivity index (χ0v) is 9.83. The van der Waals surface area contributed by atoms with Crippen LogP contribution in [0.3, 0.4) is 0 Å². The molecular formula is C13H14ClNO. The molecular weight excluding hydrogens is 222 g/mol. The number of hydrogen-bond acceptors (Lipinski definition) is 2. The maximum absolute atomic E-state index is 5.75. The molecule has 0 aliphatic carbocycles. The standard InChI is InChI=1S/C13H13NO.ClH/c1-15-13-8-3-2-7-12(13)10-5-4-6-11(14)9-10;/h2-9H,14H2,1H3;1H. The Hall–Kier alpha value is -1.67. The molecule has 0 heterocycles. The average Bonchev–Trinajstić information content (AvgIpc) is 2.29. The summed E-state index contributed by atoms with van der Waals surface area (Å²) in [5.41, 5.74) is 8.65. The van der Waals surface area contributed by atoms with Gasteiger partial charge >= 0.3 is 0 Å². The Labute approximate surface area is 101 Å².